The van der Waals surface area contributed by atoms with E-state index in [-0.39, 0.29) is 10.8 Å². The highest BCUT2D eigenvalue weighted by molar-refractivity contribution is 6.28. The molecular weight excluding hydrogens is 837 g/mol. The minimum absolute atomic E-state index is 0.200. The molecule has 0 aromatic heterocycles. The van der Waals surface area contributed by atoms with E-state index in [1.165, 1.54) is 77.8 Å². The number of hydrogen-bond acceptors (Lipinski definition) is 3. The summed E-state index contributed by atoms with van der Waals surface area (Å²) in [6, 6.07) is 80.2. The molecule has 1 heterocycles. The van der Waals surface area contributed by atoms with Crippen molar-refractivity contribution in [1.82, 2.24) is 0 Å². The number of hydrogen-bond donors (Lipinski definition) is 0. The Hall–Kier alpha value is -8.40. The third-order valence-electron chi connectivity index (χ3n) is 15.5. The van der Waals surface area contributed by atoms with Gasteiger partial charge in [0.05, 0.1) is 22.7 Å². The summed E-state index contributed by atoms with van der Waals surface area (Å²) in [5.41, 5.74) is 19.3. The summed E-state index contributed by atoms with van der Waals surface area (Å²) in [6.45, 7) is 9.55. The number of benzene rings is 11. The van der Waals surface area contributed by atoms with Gasteiger partial charge in [-0.1, -0.05) is 185 Å². The molecule has 0 atom stereocenters. The molecule has 1 aliphatic heterocycles. The standard InChI is InChI=1S/C66H48N2O/c1-65(2)53-32-15-14-26-48(53)49-29-17-33-54(63(49)65)67(44-22-10-6-11-23-44)46-38-42-36-37-43-39-56(52-31-19-35-57-61(52)60(43)59(42)58(40-46)69-57)68(45-24-12-7-13-25-45)55-34-18-30-51-50-28-16-27-47(41-20-8-5-9-21-41)62(50)66(3,4)64(51)55/h5-40H,1-4H3. The van der Waals surface area contributed by atoms with E-state index in [0.717, 1.165) is 55.8 Å². The van der Waals surface area contributed by atoms with Crippen LogP contribution in [0.1, 0.15) is 49.9 Å². The lowest BCUT2D eigenvalue weighted by Gasteiger charge is -2.34. The number of rotatable bonds is 7. The second-order valence-corrected chi connectivity index (χ2v) is 20.0. The predicted molar refractivity (Wildman–Crippen MR) is 289 cm³/mol. The third-order valence-corrected chi connectivity index (χ3v) is 15.5. The van der Waals surface area contributed by atoms with Crippen molar-refractivity contribution in [2.24, 2.45) is 0 Å². The molecule has 3 aliphatic rings. The van der Waals surface area contributed by atoms with Gasteiger partial charge in [0.25, 0.3) is 0 Å². The number of para-hydroxylation sites is 2. The summed E-state index contributed by atoms with van der Waals surface area (Å²) >= 11 is 0. The van der Waals surface area contributed by atoms with Crippen LogP contribution >= 0.6 is 0 Å². The molecule has 2 aliphatic carbocycles. The zero-order valence-electron chi connectivity index (χ0n) is 39.1. The molecule has 69 heavy (non-hydrogen) atoms. The Morgan fingerprint density at radius 2 is 0.870 bits per heavy atom. The van der Waals surface area contributed by atoms with Gasteiger partial charge in [-0.15, -0.1) is 0 Å². The van der Waals surface area contributed by atoms with E-state index in [4.69, 9.17) is 4.74 Å². The minimum atomic E-state index is -0.302. The number of ether oxygens (including phenoxy) is 1. The Balaban J connectivity index is 0.977. The highest BCUT2D eigenvalue weighted by Gasteiger charge is 2.42. The van der Waals surface area contributed by atoms with Crippen molar-refractivity contribution in [2.45, 2.75) is 38.5 Å². The predicted octanol–water partition coefficient (Wildman–Crippen LogP) is 18.5. The van der Waals surface area contributed by atoms with E-state index in [0.29, 0.717) is 0 Å². The topological polar surface area (TPSA) is 15.7 Å². The van der Waals surface area contributed by atoms with Crippen LogP contribution in [0.25, 0.3) is 65.7 Å². The quantitative estimate of drug-likeness (QED) is 0.148. The highest BCUT2D eigenvalue weighted by Crippen LogP contribution is 2.60. The van der Waals surface area contributed by atoms with Crippen LogP contribution in [0.5, 0.6) is 11.5 Å². The van der Waals surface area contributed by atoms with E-state index in [9.17, 15) is 0 Å². The first kappa shape index (κ1) is 39.7. The fourth-order valence-electron chi connectivity index (χ4n) is 12.7. The molecule has 0 amide bonds. The molecule has 328 valence electrons. The smallest absolute Gasteiger partial charge is 0.138 e. The Morgan fingerprint density at radius 1 is 0.333 bits per heavy atom. The minimum Gasteiger partial charge on any atom is -0.456 e. The van der Waals surface area contributed by atoms with Crippen molar-refractivity contribution in [3.8, 4) is 44.9 Å². The summed E-state index contributed by atoms with van der Waals surface area (Å²) < 4.78 is 7.24. The second-order valence-electron chi connectivity index (χ2n) is 20.0. The van der Waals surface area contributed by atoms with Crippen LogP contribution < -0.4 is 14.5 Å². The monoisotopic (exact) mass is 884 g/mol. The van der Waals surface area contributed by atoms with Gasteiger partial charge in [-0.2, -0.15) is 0 Å². The molecule has 11 aromatic carbocycles. The first-order chi connectivity index (χ1) is 33.8. The van der Waals surface area contributed by atoms with Crippen LogP contribution in [0.3, 0.4) is 0 Å². The van der Waals surface area contributed by atoms with Gasteiger partial charge in [-0.05, 0) is 121 Å². The summed E-state index contributed by atoms with van der Waals surface area (Å²) in [5, 5.41) is 6.97. The van der Waals surface area contributed by atoms with E-state index >= 15 is 0 Å². The van der Waals surface area contributed by atoms with E-state index < -0.39 is 0 Å². The maximum atomic E-state index is 7.24. The molecule has 3 nitrogen and oxygen atoms in total. The van der Waals surface area contributed by atoms with Crippen molar-refractivity contribution in [2.75, 3.05) is 9.80 Å². The van der Waals surface area contributed by atoms with Crippen molar-refractivity contribution in [3.05, 3.63) is 241 Å². The molecular formula is C66H48N2O. The Kier molecular flexibility index (Phi) is 8.38. The fourth-order valence-corrected chi connectivity index (χ4v) is 12.7. The van der Waals surface area contributed by atoms with Gasteiger partial charge in [0.15, 0.2) is 0 Å². The molecule has 11 aromatic rings. The normalized spacial score (nSPS) is 14.1. The third kappa shape index (κ3) is 5.62. The van der Waals surface area contributed by atoms with Crippen LogP contribution in [-0.2, 0) is 10.8 Å². The van der Waals surface area contributed by atoms with E-state index in [1.54, 1.807) is 0 Å². The van der Waals surface area contributed by atoms with Gasteiger partial charge in [-0.25, -0.2) is 0 Å². The van der Waals surface area contributed by atoms with Crippen LogP contribution in [0.15, 0.2) is 218 Å². The first-order valence-electron chi connectivity index (χ1n) is 24.2. The molecule has 0 N–H and O–H groups in total. The molecule has 0 saturated heterocycles. The van der Waals surface area contributed by atoms with Crippen LogP contribution in [0, 0.1) is 0 Å². The summed E-state index contributed by atoms with van der Waals surface area (Å²) in [6.07, 6.45) is 0. The van der Waals surface area contributed by atoms with Crippen LogP contribution in [0.2, 0.25) is 0 Å². The molecule has 0 unspecified atom stereocenters. The lowest BCUT2D eigenvalue weighted by molar-refractivity contribution is 0.493. The summed E-state index contributed by atoms with van der Waals surface area (Å²) in [7, 11) is 0. The van der Waals surface area contributed by atoms with E-state index in [2.05, 4.69) is 256 Å². The molecule has 14 rings (SSSR count). The number of anilines is 6. The zero-order chi connectivity index (χ0) is 46.2. The molecule has 0 bridgehead atoms. The van der Waals surface area contributed by atoms with E-state index in [1.807, 2.05) is 0 Å². The van der Waals surface area contributed by atoms with Crippen molar-refractivity contribution in [1.29, 1.82) is 0 Å². The van der Waals surface area contributed by atoms with Gasteiger partial charge in [0, 0.05) is 49.8 Å². The fraction of sp³-hybridized carbons (Fsp3) is 0.0909. The van der Waals surface area contributed by atoms with Gasteiger partial charge < -0.3 is 14.5 Å². The molecule has 0 spiro atoms. The summed E-state index contributed by atoms with van der Waals surface area (Å²) in [5.74, 6) is 1.73. The van der Waals surface area contributed by atoms with Gasteiger partial charge in [-0.3, -0.25) is 0 Å². The Morgan fingerprint density at radius 3 is 1.59 bits per heavy atom. The summed E-state index contributed by atoms with van der Waals surface area (Å²) in [4.78, 5) is 4.94. The largest absolute Gasteiger partial charge is 0.456 e. The number of nitrogens with zero attached hydrogens (tertiary/aromatic N) is 2. The average molecular weight is 885 g/mol. The maximum Gasteiger partial charge on any atom is 0.138 e. The first-order valence-corrected chi connectivity index (χ1v) is 24.2. The Bertz CT molecular complexity index is 3930. The molecule has 0 saturated carbocycles. The maximum absolute atomic E-state index is 7.24. The highest BCUT2D eigenvalue weighted by atomic mass is 16.5. The van der Waals surface area contributed by atoms with Crippen molar-refractivity contribution < 1.29 is 4.74 Å². The lowest BCUT2D eigenvalue weighted by atomic mass is 9.78. The van der Waals surface area contributed by atoms with Gasteiger partial charge in [0.1, 0.15) is 11.5 Å². The lowest BCUT2D eigenvalue weighted by Crippen LogP contribution is -2.21. The number of fused-ring (bicyclic) bond motifs is 6. The van der Waals surface area contributed by atoms with Crippen LogP contribution in [-0.4, -0.2) is 0 Å². The van der Waals surface area contributed by atoms with Crippen molar-refractivity contribution >= 4 is 66.4 Å². The molecule has 0 fully saturated rings. The second kappa shape index (κ2) is 14.6. The molecule has 0 radical (unpaired) electrons. The van der Waals surface area contributed by atoms with Crippen molar-refractivity contribution in [3.63, 3.8) is 0 Å². The van der Waals surface area contributed by atoms with Crippen LogP contribution in [0.4, 0.5) is 34.1 Å². The SMILES string of the molecule is CC1(C)c2ccccc2-c2cccc(N(c3ccccc3)c3cc4c5c(ccc6cc(N(c7ccccc7)c7cccc8c7C(C)(C)c7c(-c9ccccc9)cccc7-8)c7cccc(c7c65)O4)c3)c21. The molecule has 3 heteroatoms. The Labute approximate surface area is 403 Å². The van der Waals surface area contributed by atoms with Gasteiger partial charge in [0.2, 0.25) is 0 Å². The van der Waals surface area contributed by atoms with Gasteiger partial charge >= 0.3 is 0 Å². The average Bonchev–Trinajstić information content (AvgIpc) is 3.78. The zero-order valence-corrected chi connectivity index (χ0v) is 39.1.